The van der Waals surface area contributed by atoms with Gasteiger partial charge >= 0.3 is 29.6 Å². The number of hydrogen-bond donors (Lipinski definition) is 0. The van der Waals surface area contributed by atoms with E-state index in [1.807, 2.05) is 42.5 Å². The van der Waals surface area contributed by atoms with Gasteiger partial charge in [0.25, 0.3) is 0 Å². The molecule has 1 unspecified atom stereocenters. The molecule has 0 saturated heterocycles. The summed E-state index contributed by atoms with van der Waals surface area (Å²) in [5, 5.41) is 10.9. The molecule has 34 heavy (non-hydrogen) atoms. The van der Waals surface area contributed by atoms with E-state index in [2.05, 4.69) is 11.1 Å². The fourth-order valence-corrected chi connectivity index (χ4v) is 5.14. The summed E-state index contributed by atoms with van der Waals surface area (Å²) in [6, 6.07) is 18.2. The third-order valence-corrected chi connectivity index (χ3v) is 6.69. The Balaban J connectivity index is 0.00000274. The van der Waals surface area contributed by atoms with Gasteiger partial charge in [-0.05, 0) is 59.2 Å². The number of carboxylic acid groups (broad SMARTS) is 1. The van der Waals surface area contributed by atoms with Crippen LogP contribution < -0.4 is 39.4 Å². The van der Waals surface area contributed by atoms with Crippen molar-refractivity contribution in [3.8, 4) is 5.75 Å². The second-order valence-corrected chi connectivity index (χ2v) is 8.87. The summed E-state index contributed by atoms with van der Waals surface area (Å²) in [6.45, 7) is 0.454. The molecule has 0 N–H and O–H groups in total. The monoisotopic (exact) mass is 483 g/mol. The fourth-order valence-electron chi connectivity index (χ4n) is 3.85. The molecule has 3 aromatic carbocycles. The number of carboxylic acids is 1. The Labute approximate surface area is 222 Å². The number of aromatic nitrogens is 1. The van der Waals surface area contributed by atoms with Crippen LogP contribution in [0.4, 0.5) is 4.39 Å². The van der Waals surface area contributed by atoms with E-state index in [1.54, 1.807) is 23.9 Å². The Hall–Kier alpha value is -2.58. The molecule has 0 amide bonds. The standard InChI is InChI=1S/C26H20FNO4S.Na/c27-18-7-9-23-21(14-18)28-24(32-23)10-6-16-5-8-22-20(13-16)26(33-12-11-25(29)30)19-4-2-1-3-17(19)15-31-22;/h1-10,13-14,26H,11-12,15H2,(H,29,30);/q;+1/p-1/b10-6+;. The molecule has 0 aliphatic carbocycles. The van der Waals surface area contributed by atoms with E-state index in [4.69, 9.17) is 9.15 Å². The Morgan fingerprint density at radius 3 is 2.82 bits per heavy atom. The van der Waals surface area contributed by atoms with Gasteiger partial charge in [0.05, 0.1) is 5.25 Å². The summed E-state index contributed by atoms with van der Waals surface area (Å²) < 4.78 is 25.2. The average Bonchev–Trinajstić information content (AvgIpc) is 3.14. The van der Waals surface area contributed by atoms with Gasteiger partial charge in [-0.25, -0.2) is 9.37 Å². The van der Waals surface area contributed by atoms with Crippen molar-refractivity contribution in [2.45, 2.75) is 18.3 Å². The van der Waals surface area contributed by atoms with Gasteiger partial charge in [-0.2, -0.15) is 0 Å². The summed E-state index contributed by atoms with van der Waals surface area (Å²) in [5.74, 6) is 0.161. The molecule has 0 saturated carbocycles. The molecule has 2 heterocycles. The van der Waals surface area contributed by atoms with Crippen LogP contribution >= 0.6 is 11.8 Å². The van der Waals surface area contributed by atoms with Gasteiger partial charge in [-0.1, -0.05) is 30.3 Å². The van der Waals surface area contributed by atoms with Crippen molar-refractivity contribution in [3.63, 3.8) is 0 Å². The van der Waals surface area contributed by atoms with E-state index in [-0.39, 0.29) is 47.0 Å². The number of carbonyl (C=O) groups is 1. The summed E-state index contributed by atoms with van der Waals surface area (Å²) in [6.07, 6.45) is 3.60. The van der Waals surface area contributed by atoms with E-state index in [0.29, 0.717) is 29.4 Å². The minimum atomic E-state index is -1.06. The number of ether oxygens (including phenoxy) is 1. The average molecular weight is 483 g/mol. The van der Waals surface area contributed by atoms with Crippen molar-refractivity contribution >= 4 is 41.0 Å². The molecule has 1 aromatic heterocycles. The maximum atomic E-state index is 13.4. The summed E-state index contributed by atoms with van der Waals surface area (Å²) >= 11 is 1.56. The molecule has 5 rings (SSSR count). The first-order valence-corrected chi connectivity index (χ1v) is 11.5. The van der Waals surface area contributed by atoms with E-state index in [1.165, 1.54) is 12.1 Å². The SMILES string of the molecule is O=C([O-])CCSC1c2ccccc2COc2ccc(/C=C/c3nc4cc(F)ccc4o3)cc21.[Na+]. The van der Waals surface area contributed by atoms with Gasteiger partial charge in [-0.3, -0.25) is 0 Å². The number of carbonyl (C=O) groups excluding carboxylic acids is 1. The molecule has 166 valence electrons. The predicted molar refractivity (Wildman–Crippen MR) is 124 cm³/mol. The molecule has 4 aromatic rings. The van der Waals surface area contributed by atoms with Gasteiger partial charge in [0.15, 0.2) is 5.58 Å². The number of rotatable bonds is 6. The maximum Gasteiger partial charge on any atom is 1.00 e. The van der Waals surface area contributed by atoms with Crippen molar-refractivity contribution in [1.82, 2.24) is 4.98 Å². The first-order valence-electron chi connectivity index (χ1n) is 10.5. The van der Waals surface area contributed by atoms with Crippen LogP contribution in [0, 0.1) is 5.82 Å². The van der Waals surface area contributed by atoms with Crippen molar-refractivity contribution in [2.75, 3.05) is 5.75 Å². The summed E-state index contributed by atoms with van der Waals surface area (Å²) in [5.41, 5.74) is 5.07. The van der Waals surface area contributed by atoms with Crippen LogP contribution in [0.3, 0.4) is 0 Å². The van der Waals surface area contributed by atoms with Crippen molar-refractivity contribution in [2.24, 2.45) is 0 Å². The van der Waals surface area contributed by atoms with Gasteiger partial charge in [0.2, 0.25) is 5.89 Å². The third kappa shape index (κ3) is 5.39. The smallest absolute Gasteiger partial charge is 0.550 e. The van der Waals surface area contributed by atoms with Gasteiger partial charge < -0.3 is 19.1 Å². The molecule has 1 aliphatic rings. The molecule has 0 radical (unpaired) electrons. The zero-order valence-corrected chi connectivity index (χ0v) is 21.3. The van der Waals surface area contributed by atoms with Crippen LogP contribution in [-0.2, 0) is 11.4 Å². The van der Waals surface area contributed by atoms with E-state index < -0.39 is 5.97 Å². The molecule has 1 atom stereocenters. The number of thioether (sulfide) groups is 1. The van der Waals surface area contributed by atoms with Crippen molar-refractivity contribution in [3.05, 3.63) is 94.6 Å². The summed E-state index contributed by atoms with van der Waals surface area (Å²) in [4.78, 5) is 15.3. The Kier molecular flexibility index (Phi) is 7.78. The molecular formula is C26H19FNNaO4S. The fraction of sp³-hybridized carbons (Fsp3) is 0.154. The number of benzene rings is 3. The van der Waals surface area contributed by atoms with Gasteiger partial charge in [-0.15, -0.1) is 11.8 Å². The van der Waals surface area contributed by atoms with Crippen LogP contribution in [0.1, 0.15) is 39.8 Å². The van der Waals surface area contributed by atoms with Crippen molar-refractivity contribution in [1.29, 1.82) is 0 Å². The zero-order valence-electron chi connectivity index (χ0n) is 18.5. The predicted octanol–water partition coefficient (Wildman–Crippen LogP) is 2.00. The Morgan fingerprint density at radius 1 is 1.12 bits per heavy atom. The number of fused-ring (bicyclic) bond motifs is 3. The van der Waals surface area contributed by atoms with Crippen LogP contribution in [-0.4, -0.2) is 16.7 Å². The number of halogens is 1. The topological polar surface area (TPSA) is 75.4 Å². The molecule has 5 nitrogen and oxygen atoms in total. The van der Waals surface area contributed by atoms with Crippen LogP contribution in [0.5, 0.6) is 5.75 Å². The largest absolute Gasteiger partial charge is 1.00 e. The third-order valence-electron chi connectivity index (χ3n) is 5.41. The number of oxazole rings is 1. The van der Waals surface area contributed by atoms with Crippen LogP contribution in [0.2, 0.25) is 0 Å². The van der Waals surface area contributed by atoms with Gasteiger partial charge in [0.1, 0.15) is 23.7 Å². The van der Waals surface area contributed by atoms with E-state index in [0.717, 1.165) is 28.0 Å². The van der Waals surface area contributed by atoms with Crippen LogP contribution in [0.15, 0.2) is 65.1 Å². The number of aliphatic carboxylic acids is 1. The Bertz CT molecular complexity index is 1370. The second kappa shape index (κ2) is 10.8. The van der Waals surface area contributed by atoms with E-state index in [9.17, 15) is 14.3 Å². The summed E-state index contributed by atoms with van der Waals surface area (Å²) in [7, 11) is 0. The number of hydrogen-bond acceptors (Lipinski definition) is 6. The quantitative estimate of drug-likeness (QED) is 0.391. The second-order valence-electron chi connectivity index (χ2n) is 7.66. The normalized spacial score (nSPS) is 14.7. The molecule has 0 bridgehead atoms. The molecule has 0 fully saturated rings. The Morgan fingerprint density at radius 2 is 1.97 bits per heavy atom. The molecule has 1 aliphatic heterocycles. The minimum Gasteiger partial charge on any atom is -0.550 e. The molecule has 8 heteroatoms. The van der Waals surface area contributed by atoms with Crippen molar-refractivity contribution < 1.29 is 53.0 Å². The molecule has 0 spiro atoms. The van der Waals surface area contributed by atoms with E-state index >= 15 is 0 Å². The minimum absolute atomic E-state index is 0. The first kappa shape index (κ1) is 24.5. The van der Waals surface area contributed by atoms with Crippen LogP contribution in [0.25, 0.3) is 23.3 Å². The number of nitrogens with zero attached hydrogens (tertiary/aromatic N) is 1. The maximum absolute atomic E-state index is 13.4. The first-order chi connectivity index (χ1) is 16.1. The zero-order chi connectivity index (χ0) is 22.8. The van der Waals surface area contributed by atoms with Gasteiger partial charge in [0, 0.05) is 23.7 Å². The molecular weight excluding hydrogens is 464 g/mol.